The summed E-state index contributed by atoms with van der Waals surface area (Å²) in [5.41, 5.74) is 3.30. The molecule has 0 aliphatic rings. The molecule has 0 atom stereocenters. The van der Waals surface area contributed by atoms with Gasteiger partial charge in [0.05, 0.1) is 23.8 Å². The number of hydrogen-bond donors (Lipinski definition) is 0. The summed E-state index contributed by atoms with van der Waals surface area (Å²) in [6.45, 7) is 0.384. The SMILES string of the molecule is O=c1c2c(-c3ccc(F)cc3)csc2ncn1Cc1cccc2cccnc12. The van der Waals surface area contributed by atoms with Crippen molar-refractivity contribution in [3.05, 3.63) is 94.2 Å². The van der Waals surface area contributed by atoms with E-state index in [1.807, 2.05) is 35.7 Å². The first-order valence-electron chi connectivity index (χ1n) is 8.76. The van der Waals surface area contributed by atoms with Crippen LogP contribution in [0.15, 0.2) is 77.3 Å². The molecule has 28 heavy (non-hydrogen) atoms. The number of rotatable bonds is 3. The number of benzene rings is 2. The molecule has 0 saturated carbocycles. The molecule has 4 nitrogen and oxygen atoms in total. The summed E-state index contributed by atoms with van der Waals surface area (Å²) in [4.78, 5) is 22.8. The van der Waals surface area contributed by atoms with Gasteiger partial charge in [-0.25, -0.2) is 9.37 Å². The zero-order valence-electron chi connectivity index (χ0n) is 14.7. The van der Waals surface area contributed by atoms with Gasteiger partial charge in [0.2, 0.25) is 0 Å². The van der Waals surface area contributed by atoms with E-state index in [1.54, 1.807) is 29.2 Å². The maximum Gasteiger partial charge on any atom is 0.263 e. The van der Waals surface area contributed by atoms with Crippen molar-refractivity contribution in [1.82, 2.24) is 14.5 Å². The first kappa shape index (κ1) is 16.8. The normalized spacial score (nSPS) is 11.3. The molecular weight excluding hydrogens is 373 g/mol. The minimum absolute atomic E-state index is 0.112. The Kier molecular flexibility index (Phi) is 3.98. The van der Waals surface area contributed by atoms with E-state index in [-0.39, 0.29) is 11.4 Å². The zero-order chi connectivity index (χ0) is 19.1. The van der Waals surface area contributed by atoms with E-state index in [2.05, 4.69) is 9.97 Å². The minimum atomic E-state index is -0.303. The van der Waals surface area contributed by atoms with Crippen LogP contribution < -0.4 is 5.56 Å². The van der Waals surface area contributed by atoms with Crippen LogP contribution in [0.25, 0.3) is 32.2 Å². The molecule has 0 N–H and O–H groups in total. The fourth-order valence-electron chi connectivity index (χ4n) is 3.40. The van der Waals surface area contributed by atoms with Crippen LogP contribution >= 0.6 is 11.3 Å². The topological polar surface area (TPSA) is 47.8 Å². The Balaban J connectivity index is 1.65. The summed E-state index contributed by atoms with van der Waals surface area (Å²) >= 11 is 1.41. The zero-order valence-corrected chi connectivity index (χ0v) is 15.5. The van der Waals surface area contributed by atoms with E-state index in [1.165, 1.54) is 23.5 Å². The van der Waals surface area contributed by atoms with E-state index < -0.39 is 0 Å². The predicted octanol–water partition coefficient (Wildman–Crippen LogP) is 4.86. The largest absolute Gasteiger partial charge is 0.294 e. The van der Waals surface area contributed by atoms with E-state index in [4.69, 9.17) is 0 Å². The Bertz CT molecular complexity index is 1370. The van der Waals surface area contributed by atoms with E-state index in [0.717, 1.165) is 27.6 Å². The van der Waals surface area contributed by atoms with Crippen molar-refractivity contribution >= 4 is 32.5 Å². The summed E-state index contributed by atoms with van der Waals surface area (Å²) in [5.74, 6) is -0.303. The molecule has 5 rings (SSSR count). The highest BCUT2D eigenvalue weighted by Gasteiger charge is 2.14. The third kappa shape index (κ3) is 2.78. The second kappa shape index (κ2) is 6.65. The molecular formula is C22H14FN3OS. The standard InChI is InChI=1S/C22H14FN3OS/c23-17-8-6-14(7-9-17)18-12-28-21-19(18)22(27)26(13-25-21)11-16-4-1-3-15-5-2-10-24-20(15)16/h1-10,12-13H,11H2. The molecule has 2 aromatic carbocycles. The quantitative estimate of drug-likeness (QED) is 0.444. The van der Waals surface area contributed by atoms with Crippen molar-refractivity contribution < 1.29 is 4.39 Å². The van der Waals surface area contributed by atoms with Crippen LogP contribution in [-0.2, 0) is 6.54 Å². The lowest BCUT2D eigenvalue weighted by molar-refractivity contribution is 0.628. The number of hydrogen-bond acceptors (Lipinski definition) is 4. The van der Waals surface area contributed by atoms with Crippen molar-refractivity contribution in [2.45, 2.75) is 6.54 Å². The number of fused-ring (bicyclic) bond motifs is 2. The van der Waals surface area contributed by atoms with Gasteiger partial charge in [-0.2, -0.15) is 0 Å². The molecule has 0 aliphatic carbocycles. The first-order valence-corrected chi connectivity index (χ1v) is 9.64. The lowest BCUT2D eigenvalue weighted by atomic mass is 10.1. The molecule has 0 spiro atoms. The second-order valence-electron chi connectivity index (χ2n) is 6.51. The Morgan fingerprint density at radius 1 is 1.00 bits per heavy atom. The van der Waals surface area contributed by atoms with Crippen molar-refractivity contribution in [1.29, 1.82) is 0 Å². The summed E-state index contributed by atoms with van der Waals surface area (Å²) < 4.78 is 14.9. The number of pyridine rings is 1. The fourth-order valence-corrected chi connectivity index (χ4v) is 4.31. The van der Waals surface area contributed by atoms with Crippen LogP contribution in [0.5, 0.6) is 0 Å². The maximum absolute atomic E-state index is 13.3. The van der Waals surface area contributed by atoms with Crippen LogP contribution in [0.2, 0.25) is 0 Å². The summed E-state index contributed by atoms with van der Waals surface area (Å²) in [6, 6.07) is 16.0. The highest BCUT2D eigenvalue weighted by molar-refractivity contribution is 7.17. The van der Waals surface area contributed by atoms with Crippen molar-refractivity contribution in [3.8, 4) is 11.1 Å². The molecule has 0 amide bonds. The number of aromatic nitrogens is 3. The molecule has 0 aliphatic heterocycles. The highest BCUT2D eigenvalue weighted by atomic mass is 32.1. The average molecular weight is 387 g/mol. The Morgan fingerprint density at radius 2 is 1.82 bits per heavy atom. The molecule has 6 heteroatoms. The minimum Gasteiger partial charge on any atom is -0.294 e. The molecule has 3 aromatic heterocycles. The molecule has 0 bridgehead atoms. The second-order valence-corrected chi connectivity index (χ2v) is 7.36. The molecule has 0 unspecified atom stereocenters. The summed E-state index contributed by atoms with van der Waals surface area (Å²) in [5, 5.41) is 3.49. The monoisotopic (exact) mass is 387 g/mol. The van der Waals surface area contributed by atoms with Gasteiger partial charge >= 0.3 is 0 Å². The smallest absolute Gasteiger partial charge is 0.263 e. The van der Waals surface area contributed by atoms with E-state index in [0.29, 0.717) is 16.8 Å². The predicted molar refractivity (Wildman–Crippen MR) is 110 cm³/mol. The highest BCUT2D eigenvalue weighted by Crippen LogP contribution is 2.30. The third-order valence-electron chi connectivity index (χ3n) is 4.77. The molecule has 0 radical (unpaired) electrons. The van der Waals surface area contributed by atoms with Gasteiger partial charge in [0.15, 0.2) is 0 Å². The van der Waals surface area contributed by atoms with Gasteiger partial charge in [0, 0.05) is 22.5 Å². The Morgan fingerprint density at radius 3 is 2.68 bits per heavy atom. The van der Waals surface area contributed by atoms with Crippen molar-refractivity contribution in [2.75, 3.05) is 0 Å². The van der Waals surface area contributed by atoms with Gasteiger partial charge in [-0.15, -0.1) is 11.3 Å². The number of halogens is 1. The van der Waals surface area contributed by atoms with Gasteiger partial charge in [0.1, 0.15) is 10.6 Å². The fraction of sp³-hybridized carbons (Fsp3) is 0.0455. The van der Waals surface area contributed by atoms with Crippen LogP contribution in [0, 0.1) is 5.82 Å². The lowest BCUT2D eigenvalue weighted by Gasteiger charge is -2.09. The van der Waals surface area contributed by atoms with Gasteiger partial charge < -0.3 is 0 Å². The maximum atomic E-state index is 13.3. The van der Waals surface area contributed by atoms with Crippen LogP contribution in [-0.4, -0.2) is 14.5 Å². The number of thiophene rings is 1. The first-order chi connectivity index (χ1) is 13.7. The third-order valence-corrected chi connectivity index (χ3v) is 5.66. The molecule has 5 aromatic rings. The average Bonchev–Trinajstić information content (AvgIpc) is 3.16. The van der Waals surface area contributed by atoms with E-state index >= 15 is 0 Å². The lowest BCUT2D eigenvalue weighted by Crippen LogP contribution is -2.21. The van der Waals surface area contributed by atoms with Crippen molar-refractivity contribution in [3.63, 3.8) is 0 Å². The van der Waals surface area contributed by atoms with Crippen molar-refractivity contribution in [2.24, 2.45) is 0 Å². The van der Waals surface area contributed by atoms with Gasteiger partial charge in [-0.1, -0.05) is 36.4 Å². The number of para-hydroxylation sites is 1. The van der Waals surface area contributed by atoms with Gasteiger partial charge in [0.25, 0.3) is 5.56 Å². The molecule has 136 valence electrons. The van der Waals surface area contributed by atoms with Crippen LogP contribution in [0.4, 0.5) is 4.39 Å². The van der Waals surface area contributed by atoms with E-state index in [9.17, 15) is 9.18 Å². The van der Waals surface area contributed by atoms with Crippen LogP contribution in [0.1, 0.15) is 5.56 Å². The Labute approximate surface area is 163 Å². The number of nitrogens with zero attached hydrogens (tertiary/aromatic N) is 3. The van der Waals surface area contributed by atoms with Gasteiger partial charge in [-0.3, -0.25) is 14.3 Å². The molecule has 3 heterocycles. The summed E-state index contributed by atoms with van der Waals surface area (Å²) in [7, 11) is 0. The molecule has 0 fully saturated rings. The summed E-state index contributed by atoms with van der Waals surface area (Å²) in [6.07, 6.45) is 3.33. The molecule has 0 saturated heterocycles. The van der Waals surface area contributed by atoms with Gasteiger partial charge in [-0.05, 0) is 29.3 Å². The Hall–Kier alpha value is -3.38. The van der Waals surface area contributed by atoms with Crippen LogP contribution in [0.3, 0.4) is 0 Å².